The molecule has 4 aromatic rings. The van der Waals surface area contributed by atoms with Gasteiger partial charge in [-0.2, -0.15) is 10.1 Å². The number of benzene rings is 2. The smallest absolute Gasteiger partial charge is 0.229 e. The summed E-state index contributed by atoms with van der Waals surface area (Å²) in [5.74, 6) is 2.76. The van der Waals surface area contributed by atoms with Crippen LogP contribution in [0, 0.1) is 0 Å². The fourth-order valence-corrected chi connectivity index (χ4v) is 3.07. The summed E-state index contributed by atoms with van der Waals surface area (Å²) in [5.41, 5.74) is 2.23. The second-order valence-corrected chi connectivity index (χ2v) is 6.27. The maximum Gasteiger partial charge on any atom is 0.229 e. The Balaban J connectivity index is 1.70. The maximum absolute atomic E-state index is 5.40. The van der Waals surface area contributed by atoms with Gasteiger partial charge in [0.2, 0.25) is 11.7 Å². The van der Waals surface area contributed by atoms with E-state index in [4.69, 9.17) is 18.9 Å². The van der Waals surface area contributed by atoms with Crippen LogP contribution < -0.4 is 24.3 Å². The first-order valence-electron chi connectivity index (χ1n) is 9.09. The minimum atomic E-state index is 0.409. The number of rotatable bonds is 7. The Morgan fingerprint density at radius 1 is 0.833 bits per heavy atom. The monoisotopic (exact) mass is 407 g/mol. The highest BCUT2D eigenvalue weighted by Gasteiger charge is 2.15. The molecule has 2 heterocycles. The first kappa shape index (κ1) is 19.3. The standard InChI is InChI=1S/C21H21N5O4/c1-27-16-7-5-15(6-8-16)26-20-13(12-23-26)11-22-21(25-20)24-14-9-17(28-2)19(30-4)18(10-14)29-3/h5-12H,1-4H3,(H,22,24,25). The van der Waals surface area contributed by atoms with Crippen LogP contribution in [0.1, 0.15) is 0 Å². The predicted molar refractivity (Wildman–Crippen MR) is 113 cm³/mol. The molecule has 0 radical (unpaired) electrons. The van der Waals surface area contributed by atoms with E-state index in [1.807, 2.05) is 24.3 Å². The summed E-state index contributed by atoms with van der Waals surface area (Å²) in [4.78, 5) is 9.02. The third kappa shape index (κ3) is 3.52. The molecule has 2 aromatic carbocycles. The van der Waals surface area contributed by atoms with E-state index in [9.17, 15) is 0 Å². The van der Waals surface area contributed by atoms with Crippen LogP contribution in [0.2, 0.25) is 0 Å². The van der Waals surface area contributed by atoms with Crippen molar-refractivity contribution in [2.75, 3.05) is 33.8 Å². The molecule has 1 N–H and O–H groups in total. The van der Waals surface area contributed by atoms with Crippen LogP contribution in [0.4, 0.5) is 11.6 Å². The number of anilines is 2. The number of fused-ring (bicyclic) bond motifs is 1. The fraction of sp³-hybridized carbons (Fsp3) is 0.190. The van der Waals surface area contributed by atoms with Gasteiger partial charge >= 0.3 is 0 Å². The average Bonchev–Trinajstić information content (AvgIpc) is 3.21. The van der Waals surface area contributed by atoms with Crippen molar-refractivity contribution in [3.63, 3.8) is 0 Å². The Kier molecular flexibility index (Phi) is 5.25. The van der Waals surface area contributed by atoms with Gasteiger partial charge in [0, 0.05) is 24.0 Å². The highest BCUT2D eigenvalue weighted by atomic mass is 16.5. The minimum absolute atomic E-state index is 0.409. The Bertz CT molecular complexity index is 1150. The van der Waals surface area contributed by atoms with Crippen molar-refractivity contribution in [1.82, 2.24) is 19.7 Å². The first-order valence-corrected chi connectivity index (χ1v) is 9.09. The Labute approximate surface area is 173 Å². The van der Waals surface area contributed by atoms with E-state index in [1.165, 1.54) is 0 Å². The van der Waals surface area contributed by atoms with Gasteiger partial charge in [-0.25, -0.2) is 9.67 Å². The Morgan fingerprint density at radius 3 is 2.13 bits per heavy atom. The van der Waals surface area contributed by atoms with Crippen molar-refractivity contribution in [3.05, 3.63) is 48.8 Å². The number of aromatic nitrogens is 4. The Hall–Kier alpha value is -4.01. The van der Waals surface area contributed by atoms with Gasteiger partial charge in [-0.3, -0.25) is 0 Å². The lowest BCUT2D eigenvalue weighted by Gasteiger charge is -2.14. The molecular weight excluding hydrogens is 386 g/mol. The topological polar surface area (TPSA) is 92.6 Å². The third-order valence-electron chi connectivity index (χ3n) is 4.55. The van der Waals surface area contributed by atoms with Crippen molar-refractivity contribution in [1.29, 1.82) is 0 Å². The van der Waals surface area contributed by atoms with E-state index < -0.39 is 0 Å². The summed E-state index contributed by atoms with van der Waals surface area (Å²) in [7, 11) is 6.32. The predicted octanol–water partition coefficient (Wildman–Crippen LogP) is 3.59. The maximum atomic E-state index is 5.40. The van der Waals surface area contributed by atoms with Gasteiger partial charge < -0.3 is 24.3 Å². The summed E-state index contributed by atoms with van der Waals surface area (Å²) in [6, 6.07) is 11.2. The summed E-state index contributed by atoms with van der Waals surface area (Å²) in [6.07, 6.45) is 3.44. The highest BCUT2D eigenvalue weighted by Crippen LogP contribution is 2.40. The summed E-state index contributed by atoms with van der Waals surface area (Å²) < 4.78 is 23.1. The molecule has 2 aromatic heterocycles. The molecule has 0 atom stereocenters. The van der Waals surface area contributed by atoms with Crippen molar-refractivity contribution in [3.8, 4) is 28.7 Å². The van der Waals surface area contributed by atoms with Crippen LogP contribution in [0.3, 0.4) is 0 Å². The molecule has 0 unspecified atom stereocenters. The molecule has 0 amide bonds. The summed E-state index contributed by atoms with van der Waals surface area (Å²) >= 11 is 0. The van der Waals surface area contributed by atoms with Crippen LogP contribution in [0.5, 0.6) is 23.0 Å². The molecule has 154 valence electrons. The molecule has 0 aliphatic heterocycles. The number of nitrogens with one attached hydrogen (secondary N) is 1. The van der Waals surface area contributed by atoms with Gasteiger partial charge in [0.05, 0.1) is 45.7 Å². The lowest BCUT2D eigenvalue weighted by atomic mass is 10.2. The molecule has 0 bridgehead atoms. The third-order valence-corrected chi connectivity index (χ3v) is 4.55. The average molecular weight is 407 g/mol. The lowest BCUT2D eigenvalue weighted by Crippen LogP contribution is -2.02. The largest absolute Gasteiger partial charge is 0.497 e. The zero-order chi connectivity index (χ0) is 21.1. The van der Waals surface area contributed by atoms with Crippen molar-refractivity contribution >= 4 is 22.7 Å². The second kappa shape index (κ2) is 8.16. The SMILES string of the molecule is COc1ccc(-n2ncc3cnc(Nc4cc(OC)c(OC)c(OC)c4)nc32)cc1. The molecular formula is C21H21N5O4. The van der Waals surface area contributed by atoms with E-state index >= 15 is 0 Å². The van der Waals surface area contributed by atoms with Gasteiger partial charge in [-0.05, 0) is 24.3 Å². The fourth-order valence-electron chi connectivity index (χ4n) is 3.07. The normalized spacial score (nSPS) is 10.7. The number of ether oxygens (including phenoxy) is 4. The van der Waals surface area contributed by atoms with Crippen LogP contribution in [-0.2, 0) is 0 Å². The second-order valence-electron chi connectivity index (χ2n) is 6.27. The van der Waals surface area contributed by atoms with Crippen LogP contribution in [0.25, 0.3) is 16.7 Å². The van der Waals surface area contributed by atoms with Gasteiger partial charge in [0.25, 0.3) is 0 Å². The van der Waals surface area contributed by atoms with Crippen LogP contribution >= 0.6 is 0 Å². The Morgan fingerprint density at radius 2 is 1.53 bits per heavy atom. The quantitative estimate of drug-likeness (QED) is 0.497. The van der Waals surface area contributed by atoms with E-state index in [0.717, 1.165) is 16.8 Å². The number of hydrogen-bond acceptors (Lipinski definition) is 8. The molecule has 30 heavy (non-hydrogen) atoms. The summed E-state index contributed by atoms with van der Waals surface area (Å²) in [5, 5.41) is 8.44. The molecule has 0 aliphatic rings. The summed E-state index contributed by atoms with van der Waals surface area (Å²) in [6.45, 7) is 0. The lowest BCUT2D eigenvalue weighted by molar-refractivity contribution is 0.324. The van der Waals surface area contributed by atoms with Gasteiger partial charge in [0.15, 0.2) is 17.1 Å². The zero-order valence-corrected chi connectivity index (χ0v) is 17.0. The van der Waals surface area contributed by atoms with Crippen molar-refractivity contribution in [2.24, 2.45) is 0 Å². The van der Waals surface area contributed by atoms with E-state index in [1.54, 1.807) is 57.6 Å². The van der Waals surface area contributed by atoms with Gasteiger partial charge in [0.1, 0.15) is 5.75 Å². The molecule has 0 saturated carbocycles. The molecule has 0 aliphatic carbocycles. The van der Waals surface area contributed by atoms with Crippen molar-refractivity contribution in [2.45, 2.75) is 0 Å². The van der Waals surface area contributed by atoms with E-state index in [-0.39, 0.29) is 0 Å². The molecule has 9 heteroatoms. The molecule has 0 fully saturated rings. The molecule has 0 saturated heterocycles. The molecule has 4 rings (SSSR count). The van der Waals surface area contributed by atoms with Gasteiger partial charge in [-0.15, -0.1) is 0 Å². The number of methoxy groups -OCH3 is 4. The molecule has 9 nitrogen and oxygen atoms in total. The van der Waals surface area contributed by atoms with Crippen LogP contribution in [0.15, 0.2) is 48.8 Å². The molecule has 0 spiro atoms. The van der Waals surface area contributed by atoms with E-state index in [0.29, 0.717) is 34.5 Å². The van der Waals surface area contributed by atoms with Gasteiger partial charge in [-0.1, -0.05) is 0 Å². The van der Waals surface area contributed by atoms with Crippen LogP contribution in [-0.4, -0.2) is 48.2 Å². The highest BCUT2D eigenvalue weighted by molar-refractivity contribution is 5.77. The zero-order valence-electron chi connectivity index (χ0n) is 17.0. The van der Waals surface area contributed by atoms with Crippen molar-refractivity contribution < 1.29 is 18.9 Å². The minimum Gasteiger partial charge on any atom is -0.497 e. The number of hydrogen-bond donors (Lipinski definition) is 1. The first-order chi connectivity index (χ1) is 14.7. The van der Waals surface area contributed by atoms with E-state index in [2.05, 4.69) is 20.4 Å². The number of nitrogens with zero attached hydrogens (tertiary/aromatic N) is 4.